The number of fused-ring (bicyclic) bond motifs is 1. The second-order valence-electron chi connectivity index (χ2n) is 9.13. The summed E-state index contributed by atoms with van der Waals surface area (Å²) in [5.74, 6) is 0.0684. The number of morpholine rings is 1. The summed E-state index contributed by atoms with van der Waals surface area (Å²) in [5, 5.41) is 5.72. The summed E-state index contributed by atoms with van der Waals surface area (Å²) in [4.78, 5) is 6.23. The van der Waals surface area contributed by atoms with Crippen LogP contribution in [0.15, 0.2) is 23.4 Å². The van der Waals surface area contributed by atoms with Crippen LogP contribution in [0.1, 0.15) is 25.8 Å². The summed E-state index contributed by atoms with van der Waals surface area (Å²) in [7, 11) is -4.00. The number of sulfonamides is 1. The van der Waals surface area contributed by atoms with E-state index in [0.29, 0.717) is 35.6 Å². The van der Waals surface area contributed by atoms with Gasteiger partial charge in [0.2, 0.25) is 15.0 Å². The van der Waals surface area contributed by atoms with Crippen molar-refractivity contribution in [1.82, 2.24) is 24.3 Å². The molecule has 0 spiro atoms. The van der Waals surface area contributed by atoms with Gasteiger partial charge in [0, 0.05) is 19.3 Å². The Balaban J connectivity index is 1.66. The molecular formula is C20H23F3N6O4S2. The predicted octanol–water partition coefficient (Wildman–Crippen LogP) is 2.55. The van der Waals surface area contributed by atoms with Crippen LogP contribution in [0.5, 0.6) is 0 Å². The zero-order valence-corrected chi connectivity index (χ0v) is 20.7. The van der Waals surface area contributed by atoms with Gasteiger partial charge in [0.25, 0.3) is 0 Å². The molecule has 5 rings (SSSR count). The van der Waals surface area contributed by atoms with E-state index in [2.05, 4.69) is 19.9 Å². The Bertz CT molecular complexity index is 1360. The molecule has 2 aliphatic rings. The van der Waals surface area contributed by atoms with Crippen molar-refractivity contribution in [3.8, 4) is 10.8 Å². The summed E-state index contributed by atoms with van der Waals surface area (Å²) < 4.78 is 81.1. The molecule has 0 amide bonds. The number of nitrogens with zero attached hydrogens (tertiary/aromatic N) is 5. The Morgan fingerprint density at radius 1 is 1.20 bits per heavy atom. The minimum Gasteiger partial charge on any atom is -0.377 e. The molecule has 2 saturated heterocycles. The van der Waals surface area contributed by atoms with E-state index in [1.165, 1.54) is 16.8 Å². The van der Waals surface area contributed by atoms with Gasteiger partial charge in [-0.15, -0.1) is 10.2 Å². The number of aromatic nitrogens is 4. The number of anilines is 1. The lowest BCUT2D eigenvalue weighted by atomic mass is 10.0. The topological polar surface area (TPSA) is 111 Å². The average molecular weight is 533 g/mol. The smallest absolute Gasteiger partial charge is 0.377 e. The molecule has 0 bridgehead atoms. The van der Waals surface area contributed by atoms with Crippen molar-refractivity contribution >= 4 is 32.6 Å². The fraction of sp³-hybridized carbons (Fsp3) is 0.550. The molecule has 5 heterocycles. The Labute approximate surface area is 203 Å². The fourth-order valence-corrected chi connectivity index (χ4v) is 6.37. The summed E-state index contributed by atoms with van der Waals surface area (Å²) in [6.07, 6.45) is -2.03. The van der Waals surface area contributed by atoms with Crippen LogP contribution in [0.25, 0.3) is 16.3 Å². The van der Waals surface area contributed by atoms with Gasteiger partial charge in [-0.3, -0.25) is 4.40 Å². The first-order valence-corrected chi connectivity index (χ1v) is 13.1. The summed E-state index contributed by atoms with van der Waals surface area (Å²) in [6.45, 7) is 7.05. The first kappa shape index (κ1) is 24.4. The van der Waals surface area contributed by atoms with Crippen LogP contribution in [-0.2, 0) is 25.7 Å². The number of pyridine rings is 1. The Hall–Kier alpha value is -2.33. The normalized spacial score (nSPS) is 23.0. The molecule has 3 aromatic heterocycles. The van der Waals surface area contributed by atoms with E-state index in [0.717, 1.165) is 0 Å². The fourth-order valence-electron chi connectivity index (χ4n) is 4.27. The minimum atomic E-state index is -4.65. The predicted molar refractivity (Wildman–Crippen MR) is 121 cm³/mol. The molecule has 0 aromatic carbocycles. The number of ether oxygens (including phenoxy) is 2. The standard InChI is InChI=1S/C20H23F3N6O4S2/c1-11-6-28(7-12(2)33-11)14-4-13(35(30,31)27-19(3)9-32-10-19)8-29-15(14)5-24-16(29)17-25-26-18(34-17)20(21,22)23/h4-5,8,11-12,27H,6-7,9-10H2,1-3H3/t11-,12-/m0/s1. The highest BCUT2D eigenvalue weighted by Crippen LogP contribution is 2.36. The number of hydrogen-bond acceptors (Lipinski definition) is 9. The van der Waals surface area contributed by atoms with Gasteiger partial charge in [-0.25, -0.2) is 18.1 Å². The van der Waals surface area contributed by atoms with Gasteiger partial charge in [-0.05, 0) is 26.8 Å². The largest absolute Gasteiger partial charge is 0.445 e. The van der Waals surface area contributed by atoms with E-state index < -0.39 is 26.7 Å². The van der Waals surface area contributed by atoms with Crippen molar-refractivity contribution in [3.05, 3.63) is 23.5 Å². The Morgan fingerprint density at radius 2 is 1.89 bits per heavy atom. The molecule has 0 aliphatic carbocycles. The lowest BCUT2D eigenvalue weighted by Gasteiger charge is -2.38. The first-order chi connectivity index (χ1) is 16.3. The lowest BCUT2D eigenvalue weighted by Crippen LogP contribution is -2.59. The molecule has 2 fully saturated rings. The highest BCUT2D eigenvalue weighted by molar-refractivity contribution is 7.89. The van der Waals surface area contributed by atoms with Crippen molar-refractivity contribution in [1.29, 1.82) is 0 Å². The second kappa shape index (κ2) is 8.37. The molecule has 2 atom stereocenters. The number of hydrogen-bond donors (Lipinski definition) is 1. The van der Waals surface area contributed by atoms with Crippen molar-refractivity contribution in [3.63, 3.8) is 0 Å². The molecule has 3 aromatic rings. The van der Waals surface area contributed by atoms with Gasteiger partial charge in [-0.1, -0.05) is 11.3 Å². The summed E-state index contributed by atoms with van der Waals surface area (Å²) in [6, 6.07) is 1.55. The van der Waals surface area contributed by atoms with E-state index in [-0.39, 0.29) is 41.1 Å². The van der Waals surface area contributed by atoms with Gasteiger partial charge in [0.1, 0.15) is 4.90 Å². The van der Waals surface area contributed by atoms with E-state index in [1.807, 2.05) is 18.7 Å². The number of nitrogens with one attached hydrogen (secondary N) is 1. The van der Waals surface area contributed by atoms with Crippen LogP contribution >= 0.6 is 11.3 Å². The van der Waals surface area contributed by atoms with Crippen LogP contribution in [0, 0.1) is 0 Å². The van der Waals surface area contributed by atoms with Crippen LogP contribution in [0.3, 0.4) is 0 Å². The Kier molecular flexibility index (Phi) is 5.83. The number of alkyl halides is 3. The minimum absolute atomic E-state index is 0.0558. The zero-order valence-electron chi connectivity index (χ0n) is 19.0. The third kappa shape index (κ3) is 4.62. The lowest BCUT2D eigenvalue weighted by molar-refractivity contribution is -0.138. The van der Waals surface area contributed by atoms with Crippen molar-refractivity contribution < 1.29 is 31.1 Å². The van der Waals surface area contributed by atoms with E-state index in [4.69, 9.17) is 9.47 Å². The molecule has 10 nitrogen and oxygen atoms in total. The molecule has 2 aliphatic heterocycles. The maximum absolute atomic E-state index is 13.3. The molecule has 0 radical (unpaired) electrons. The molecule has 15 heteroatoms. The first-order valence-electron chi connectivity index (χ1n) is 10.8. The molecular weight excluding hydrogens is 509 g/mol. The molecule has 0 saturated carbocycles. The van der Waals surface area contributed by atoms with Crippen LogP contribution < -0.4 is 9.62 Å². The molecule has 1 N–H and O–H groups in total. The average Bonchev–Trinajstić information content (AvgIpc) is 3.37. The molecule has 35 heavy (non-hydrogen) atoms. The highest BCUT2D eigenvalue weighted by atomic mass is 32.2. The van der Waals surface area contributed by atoms with Crippen LogP contribution in [0.4, 0.5) is 18.9 Å². The van der Waals surface area contributed by atoms with Gasteiger partial charge in [0.15, 0.2) is 10.8 Å². The van der Waals surface area contributed by atoms with Gasteiger partial charge in [-0.2, -0.15) is 13.2 Å². The van der Waals surface area contributed by atoms with E-state index in [1.54, 1.807) is 13.0 Å². The van der Waals surface area contributed by atoms with Crippen molar-refractivity contribution in [2.24, 2.45) is 0 Å². The highest BCUT2D eigenvalue weighted by Gasteiger charge is 2.39. The third-order valence-electron chi connectivity index (χ3n) is 5.75. The quantitative estimate of drug-likeness (QED) is 0.534. The van der Waals surface area contributed by atoms with Crippen molar-refractivity contribution in [2.75, 3.05) is 31.2 Å². The maximum Gasteiger partial charge on any atom is 0.445 e. The van der Waals surface area contributed by atoms with Crippen LogP contribution in [-0.4, -0.2) is 72.0 Å². The van der Waals surface area contributed by atoms with Gasteiger partial charge in [0.05, 0.1) is 48.4 Å². The Morgan fingerprint density at radius 3 is 2.46 bits per heavy atom. The van der Waals surface area contributed by atoms with E-state index in [9.17, 15) is 21.6 Å². The molecule has 190 valence electrons. The van der Waals surface area contributed by atoms with E-state index >= 15 is 0 Å². The van der Waals surface area contributed by atoms with Gasteiger partial charge >= 0.3 is 6.18 Å². The molecule has 0 unspecified atom stereocenters. The van der Waals surface area contributed by atoms with Gasteiger partial charge < -0.3 is 14.4 Å². The number of halogens is 3. The zero-order chi connectivity index (χ0) is 25.2. The van der Waals surface area contributed by atoms with Crippen molar-refractivity contribution in [2.45, 2.75) is 49.6 Å². The maximum atomic E-state index is 13.3. The summed E-state index contributed by atoms with van der Waals surface area (Å²) >= 11 is 0.345. The van der Waals surface area contributed by atoms with Crippen LogP contribution in [0.2, 0.25) is 0 Å². The number of imidazole rings is 1. The number of rotatable bonds is 5. The monoisotopic (exact) mass is 532 g/mol. The third-order valence-corrected chi connectivity index (χ3v) is 8.32. The SMILES string of the molecule is C[C@H]1CN(c2cc(S(=O)(=O)NC3(C)COC3)cn3c(-c4nnc(C(F)(F)F)s4)ncc23)C[C@H](C)O1. The second-order valence-corrected chi connectivity index (χ2v) is 11.8. The summed E-state index contributed by atoms with van der Waals surface area (Å²) in [5.41, 5.74) is 0.362.